The minimum atomic E-state index is -0.888. The van der Waals surface area contributed by atoms with Crippen molar-refractivity contribution in [2.45, 2.75) is 0 Å². The van der Waals surface area contributed by atoms with Gasteiger partial charge in [0.15, 0.2) is 24.0 Å². The summed E-state index contributed by atoms with van der Waals surface area (Å²) in [7, 11) is 1.29. The molecule has 0 aromatic heterocycles. The van der Waals surface area contributed by atoms with Gasteiger partial charge in [0, 0.05) is 17.7 Å². The number of rotatable bonds is 6. The van der Waals surface area contributed by atoms with Gasteiger partial charge in [-0.25, -0.2) is 9.18 Å². The van der Waals surface area contributed by atoms with Crippen LogP contribution in [0.3, 0.4) is 0 Å². The molecule has 0 N–H and O–H groups in total. The Labute approximate surface area is 135 Å². The molecule has 2 aromatic carbocycles. The number of halogens is 1. The van der Waals surface area contributed by atoms with Crippen LogP contribution in [0.15, 0.2) is 42.5 Å². The van der Waals surface area contributed by atoms with E-state index in [4.69, 9.17) is 9.47 Å². The van der Waals surface area contributed by atoms with Crippen molar-refractivity contribution in [2.75, 3.05) is 13.7 Å². The first-order chi connectivity index (χ1) is 11.4. The van der Waals surface area contributed by atoms with Gasteiger partial charge in [-0.2, -0.15) is 0 Å². The third-order valence-corrected chi connectivity index (χ3v) is 3.10. The second kappa shape index (κ2) is 7.32. The number of nitro groups is 1. The van der Waals surface area contributed by atoms with Crippen LogP contribution in [-0.4, -0.2) is 30.4 Å². The van der Waals surface area contributed by atoms with Gasteiger partial charge in [-0.15, -0.1) is 0 Å². The van der Waals surface area contributed by atoms with Crippen LogP contribution in [0.1, 0.15) is 20.7 Å². The number of nitrogens with zero attached hydrogens (tertiary/aromatic N) is 1. The van der Waals surface area contributed by atoms with E-state index in [1.165, 1.54) is 37.4 Å². The van der Waals surface area contributed by atoms with E-state index in [0.29, 0.717) is 0 Å². The summed E-state index contributed by atoms with van der Waals surface area (Å²) in [4.78, 5) is 33.8. The van der Waals surface area contributed by atoms with Gasteiger partial charge in [0.25, 0.3) is 5.69 Å². The van der Waals surface area contributed by atoms with Crippen LogP contribution in [0.4, 0.5) is 10.1 Å². The average molecular weight is 333 g/mol. The Morgan fingerprint density at radius 2 is 1.92 bits per heavy atom. The van der Waals surface area contributed by atoms with Crippen molar-refractivity contribution < 1.29 is 28.4 Å². The van der Waals surface area contributed by atoms with Crippen molar-refractivity contribution in [3.05, 3.63) is 69.5 Å². The highest BCUT2D eigenvalue weighted by atomic mass is 19.1. The Hall–Kier alpha value is -3.29. The lowest BCUT2D eigenvalue weighted by molar-refractivity contribution is -0.384. The first-order valence-electron chi connectivity index (χ1n) is 6.70. The Balaban J connectivity index is 2.03. The molecule has 24 heavy (non-hydrogen) atoms. The highest BCUT2D eigenvalue weighted by molar-refractivity contribution is 5.99. The van der Waals surface area contributed by atoms with E-state index in [-0.39, 0.29) is 22.6 Å². The molecule has 0 saturated heterocycles. The molecule has 0 heterocycles. The molecular formula is C16H12FNO6. The third-order valence-electron chi connectivity index (χ3n) is 3.10. The van der Waals surface area contributed by atoms with Crippen molar-refractivity contribution in [2.24, 2.45) is 0 Å². The summed E-state index contributed by atoms with van der Waals surface area (Å²) < 4.78 is 23.1. The van der Waals surface area contributed by atoms with Gasteiger partial charge in [0.2, 0.25) is 0 Å². The van der Waals surface area contributed by atoms with Gasteiger partial charge in [0.05, 0.1) is 17.6 Å². The van der Waals surface area contributed by atoms with E-state index >= 15 is 0 Å². The molecule has 0 bridgehead atoms. The smallest absolute Gasteiger partial charge is 0.338 e. The number of ketones is 1. The first-order valence-corrected chi connectivity index (χ1v) is 6.70. The summed E-state index contributed by atoms with van der Waals surface area (Å²) in [5.74, 6) is -2.23. The molecule has 0 saturated carbocycles. The van der Waals surface area contributed by atoms with E-state index in [2.05, 4.69) is 0 Å². The monoisotopic (exact) mass is 333 g/mol. The Bertz CT molecular complexity index is 805. The fraction of sp³-hybridized carbons (Fsp3) is 0.125. The molecule has 2 aromatic rings. The standard InChI is InChI=1S/C16H12FNO6/c1-23-15-6-5-10(8-13(15)17)14(19)9-24-16(20)11-3-2-4-12(7-11)18(21)22/h2-8H,9H2,1H3. The molecule has 7 nitrogen and oxygen atoms in total. The molecule has 0 aliphatic rings. The largest absolute Gasteiger partial charge is 0.494 e. The molecule has 0 atom stereocenters. The van der Waals surface area contributed by atoms with Crippen LogP contribution >= 0.6 is 0 Å². The maximum absolute atomic E-state index is 13.5. The van der Waals surface area contributed by atoms with Crippen LogP contribution in [0, 0.1) is 15.9 Å². The van der Waals surface area contributed by atoms with E-state index in [9.17, 15) is 24.1 Å². The number of carbonyl (C=O) groups is 2. The van der Waals surface area contributed by atoms with Crippen molar-refractivity contribution in [1.82, 2.24) is 0 Å². The molecule has 0 unspecified atom stereocenters. The molecular weight excluding hydrogens is 321 g/mol. The van der Waals surface area contributed by atoms with Gasteiger partial charge in [-0.1, -0.05) is 6.07 Å². The first kappa shape index (κ1) is 17.1. The number of carbonyl (C=O) groups excluding carboxylic acids is 2. The second-order valence-electron chi connectivity index (χ2n) is 4.66. The zero-order valence-corrected chi connectivity index (χ0v) is 12.5. The second-order valence-corrected chi connectivity index (χ2v) is 4.66. The summed E-state index contributed by atoms with van der Waals surface area (Å²) in [5.41, 5.74) is -0.314. The van der Waals surface area contributed by atoms with E-state index < -0.39 is 29.1 Å². The number of ether oxygens (including phenoxy) is 2. The van der Waals surface area contributed by atoms with Crippen LogP contribution in [-0.2, 0) is 4.74 Å². The summed E-state index contributed by atoms with van der Waals surface area (Å²) in [6.07, 6.45) is 0. The Morgan fingerprint density at radius 3 is 2.54 bits per heavy atom. The fourth-order valence-electron chi connectivity index (χ4n) is 1.88. The molecule has 0 aliphatic heterocycles. The average Bonchev–Trinajstić information content (AvgIpc) is 2.59. The third kappa shape index (κ3) is 3.92. The topological polar surface area (TPSA) is 95.7 Å². The van der Waals surface area contributed by atoms with E-state index in [1.807, 2.05) is 0 Å². The Morgan fingerprint density at radius 1 is 1.17 bits per heavy atom. The maximum Gasteiger partial charge on any atom is 0.338 e. The summed E-state index contributed by atoms with van der Waals surface area (Å²) in [5, 5.41) is 10.7. The SMILES string of the molecule is COc1ccc(C(=O)COC(=O)c2cccc([N+](=O)[O-])c2)cc1F. The molecule has 2 rings (SSSR count). The number of hydrogen-bond acceptors (Lipinski definition) is 6. The van der Waals surface area contributed by atoms with Crippen LogP contribution in [0.5, 0.6) is 5.75 Å². The fourth-order valence-corrected chi connectivity index (χ4v) is 1.88. The van der Waals surface area contributed by atoms with Crippen LogP contribution in [0.25, 0.3) is 0 Å². The van der Waals surface area contributed by atoms with Gasteiger partial charge in [0.1, 0.15) is 0 Å². The molecule has 0 fully saturated rings. The quantitative estimate of drug-likeness (QED) is 0.349. The van der Waals surface area contributed by atoms with Crippen molar-refractivity contribution in [1.29, 1.82) is 0 Å². The Kier molecular flexibility index (Phi) is 5.20. The number of Topliss-reactive ketones (excluding diaryl/α,β-unsaturated/α-hetero) is 1. The van der Waals surface area contributed by atoms with Gasteiger partial charge in [-0.05, 0) is 24.3 Å². The number of esters is 1. The molecule has 124 valence electrons. The summed E-state index contributed by atoms with van der Waals surface area (Å²) >= 11 is 0. The normalized spacial score (nSPS) is 10.1. The number of methoxy groups -OCH3 is 1. The lowest BCUT2D eigenvalue weighted by Crippen LogP contribution is -2.14. The van der Waals surface area contributed by atoms with E-state index in [1.54, 1.807) is 0 Å². The van der Waals surface area contributed by atoms with Crippen LogP contribution in [0.2, 0.25) is 0 Å². The highest BCUT2D eigenvalue weighted by Crippen LogP contribution is 2.18. The van der Waals surface area contributed by atoms with Crippen molar-refractivity contribution in [3.8, 4) is 5.75 Å². The molecule has 0 spiro atoms. The van der Waals surface area contributed by atoms with Gasteiger partial charge >= 0.3 is 5.97 Å². The lowest BCUT2D eigenvalue weighted by Gasteiger charge is -2.06. The molecule has 0 aliphatic carbocycles. The molecule has 8 heteroatoms. The molecule has 0 amide bonds. The zero-order valence-electron chi connectivity index (χ0n) is 12.5. The van der Waals surface area contributed by atoms with Crippen LogP contribution < -0.4 is 4.74 Å². The molecule has 0 radical (unpaired) electrons. The maximum atomic E-state index is 13.5. The minimum absolute atomic E-state index is 0.0138. The summed E-state index contributed by atoms with van der Waals surface area (Å²) in [6.45, 7) is -0.618. The van der Waals surface area contributed by atoms with Crippen molar-refractivity contribution in [3.63, 3.8) is 0 Å². The lowest BCUT2D eigenvalue weighted by atomic mass is 10.1. The summed E-state index contributed by atoms with van der Waals surface area (Å²) in [6, 6.07) is 8.52. The number of hydrogen-bond donors (Lipinski definition) is 0. The number of benzene rings is 2. The number of non-ortho nitro benzene ring substituents is 1. The van der Waals surface area contributed by atoms with E-state index in [0.717, 1.165) is 12.1 Å². The predicted molar refractivity (Wildman–Crippen MR) is 80.7 cm³/mol. The highest BCUT2D eigenvalue weighted by Gasteiger charge is 2.16. The van der Waals surface area contributed by atoms with Gasteiger partial charge < -0.3 is 9.47 Å². The van der Waals surface area contributed by atoms with Gasteiger partial charge in [-0.3, -0.25) is 14.9 Å². The number of nitro benzene ring substituents is 1. The minimum Gasteiger partial charge on any atom is -0.494 e. The van der Waals surface area contributed by atoms with Crippen molar-refractivity contribution >= 4 is 17.4 Å². The zero-order chi connectivity index (χ0) is 17.7. The predicted octanol–water partition coefficient (Wildman–Crippen LogP) is 2.78.